The Hall–Kier alpha value is -1.56. The number of hydrogen-bond donors (Lipinski definition) is 0. The molecule has 3 heteroatoms. The van der Waals surface area contributed by atoms with Gasteiger partial charge in [0, 0.05) is 22.5 Å². The molecule has 0 saturated carbocycles. The Bertz CT molecular complexity index is 556. The summed E-state index contributed by atoms with van der Waals surface area (Å²) in [7, 11) is 1.91. The van der Waals surface area contributed by atoms with Crippen molar-refractivity contribution in [2.75, 3.05) is 20.1 Å². The fourth-order valence-electron chi connectivity index (χ4n) is 1.59. The van der Waals surface area contributed by atoms with Gasteiger partial charge in [0.1, 0.15) is 0 Å². The van der Waals surface area contributed by atoms with E-state index in [0.717, 1.165) is 0 Å². The number of nitrogens with zero attached hydrogens (tertiary/aromatic N) is 1. The zero-order chi connectivity index (χ0) is 15.9. The molecule has 112 valence electrons. The first-order valence-corrected chi connectivity index (χ1v) is 7.31. The van der Waals surface area contributed by atoms with E-state index in [1.165, 1.54) is 0 Å². The summed E-state index contributed by atoms with van der Waals surface area (Å²) in [5.74, 6) is 6.23. The molecule has 0 aliphatic rings. The molecule has 1 rings (SSSR count). The summed E-state index contributed by atoms with van der Waals surface area (Å²) in [4.78, 5) is 14.0. The fourth-order valence-corrected chi connectivity index (χ4v) is 1.71. The molecule has 0 atom stereocenters. The maximum Gasteiger partial charge on any atom is 0.176 e. The average molecular weight is 304 g/mol. The third kappa shape index (κ3) is 7.70. The zero-order valence-corrected chi connectivity index (χ0v) is 13.9. The van der Waals surface area contributed by atoms with Crippen LogP contribution in [0.25, 0.3) is 0 Å². The highest BCUT2D eigenvalue weighted by Gasteiger charge is 2.08. The molecule has 21 heavy (non-hydrogen) atoms. The van der Waals surface area contributed by atoms with Gasteiger partial charge in [0.05, 0.1) is 6.54 Å². The van der Waals surface area contributed by atoms with E-state index in [9.17, 15) is 4.79 Å². The highest BCUT2D eigenvalue weighted by Crippen LogP contribution is 2.10. The van der Waals surface area contributed by atoms with Crippen LogP contribution in [-0.4, -0.2) is 30.8 Å². The second kappa shape index (κ2) is 8.02. The smallest absolute Gasteiger partial charge is 0.176 e. The van der Waals surface area contributed by atoms with Crippen molar-refractivity contribution in [3.8, 4) is 11.8 Å². The van der Waals surface area contributed by atoms with Crippen LogP contribution in [-0.2, 0) is 0 Å². The van der Waals surface area contributed by atoms with E-state index in [-0.39, 0.29) is 11.2 Å². The normalized spacial score (nSPS) is 11.5. The van der Waals surface area contributed by atoms with Crippen LogP contribution in [0.5, 0.6) is 0 Å². The molecule has 1 aromatic carbocycles. The van der Waals surface area contributed by atoms with Gasteiger partial charge in [0.25, 0.3) is 0 Å². The minimum atomic E-state index is 0.0147. The van der Waals surface area contributed by atoms with Crippen LogP contribution in [0.1, 0.15) is 31.1 Å². The van der Waals surface area contributed by atoms with E-state index in [1.807, 2.05) is 24.1 Å². The van der Waals surface area contributed by atoms with Crippen LogP contribution < -0.4 is 0 Å². The van der Waals surface area contributed by atoms with Crippen molar-refractivity contribution in [1.82, 2.24) is 4.90 Å². The molecule has 2 nitrogen and oxygen atoms in total. The molecule has 0 heterocycles. The predicted molar refractivity (Wildman–Crippen MR) is 89.7 cm³/mol. The lowest BCUT2D eigenvalue weighted by atomic mass is 9.98. The van der Waals surface area contributed by atoms with E-state index in [2.05, 4.69) is 32.6 Å². The lowest BCUT2D eigenvalue weighted by molar-refractivity contribution is 0.0952. The van der Waals surface area contributed by atoms with Crippen molar-refractivity contribution < 1.29 is 4.79 Å². The quantitative estimate of drug-likeness (QED) is 0.604. The first-order chi connectivity index (χ1) is 9.78. The van der Waals surface area contributed by atoms with Crippen LogP contribution in [0, 0.1) is 17.3 Å². The van der Waals surface area contributed by atoms with Gasteiger partial charge in [-0.1, -0.05) is 29.5 Å². The number of hydrogen-bond acceptors (Lipinski definition) is 2. The largest absolute Gasteiger partial charge is 0.295 e. The Kier molecular flexibility index (Phi) is 6.68. The second-order valence-corrected chi connectivity index (χ2v) is 6.48. The molecule has 0 N–H and O–H groups in total. The molecule has 0 aromatic heterocycles. The van der Waals surface area contributed by atoms with Gasteiger partial charge in [0.2, 0.25) is 0 Å². The maximum atomic E-state index is 12.0. The molecular weight excluding hydrogens is 282 g/mol. The van der Waals surface area contributed by atoms with Gasteiger partial charge in [-0.05, 0) is 58.2 Å². The Labute approximate surface area is 132 Å². The van der Waals surface area contributed by atoms with Gasteiger partial charge in [0.15, 0.2) is 5.78 Å². The van der Waals surface area contributed by atoms with Crippen molar-refractivity contribution in [3.05, 3.63) is 47.0 Å². The van der Waals surface area contributed by atoms with Gasteiger partial charge in [-0.3, -0.25) is 9.69 Å². The Morgan fingerprint density at radius 2 is 1.90 bits per heavy atom. The topological polar surface area (TPSA) is 20.3 Å². The molecule has 0 bridgehead atoms. The second-order valence-electron chi connectivity index (χ2n) is 6.05. The minimum absolute atomic E-state index is 0.0147. The van der Waals surface area contributed by atoms with E-state index in [4.69, 9.17) is 11.6 Å². The number of ketones is 1. The maximum absolute atomic E-state index is 12.0. The van der Waals surface area contributed by atoms with Crippen molar-refractivity contribution in [1.29, 1.82) is 0 Å². The number of Topliss-reactive ketones (excluding diaryl/α,β-unsaturated/α-hetero) is 1. The lowest BCUT2D eigenvalue weighted by Crippen LogP contribution is -2.26. The number of carbonyl (C=O) groups excluding carboxylic acids is 1. The van der Waals surface area contributed by atoms with Crippen LogP contribution in [0.15, 0.2) is 36.4 Å². The standard InChI is InChI=1S/C18H22ClNO/c1-18(2,3)12-6-5-7-13-20(4)14-17(21)15-8-10-16(19)11-9-15/h5,7-11H,13-14H2,1-4H3/b7-5+. The third-order valence-electron chi connectivity index (χ3n) is 2.65. The number of halogens is 1. The summed E-state index contributed by atoms with van der Waals surface area (Å²) in [5.41, 5.74) is 0.698. The monoisotopic (exact) mass is 303 g/mol. The van der Waals surface area contributed by atoms with Gasteiger partial charge < -0.3 is 0 Å². The highest BCUT2D eigenvalue weighted by molar-refractivity contribution is 6.30. The van der Waals surface area contributed by atoms with E-state index >= 15 is 0 Å². The van der Waals surface area contributed by atoms with Crippen molar-refractivity contribution in [2.45, 2.75) is 20.8 Å². The summed E-state index contributed by atoms with van der Waals surface area (Å²) < 4.78 is 0. The summed E-state index contributed by atoms with van der Waals surface area (Å²) in [6, 6.07) is 6.97. The first kappa shape index (κ1) is 17.5. The minimum Gasteiger partial charge on any atom is -0.295 e. The molecule has 0 fully saturated rings. The van der Waals surface area contributed by atoms with Crippen LogP contribution in [0.4, 0.5) is 0 Å². The summed E-state index contributed by atoms with van der Waals surface area (Å²) in [6.45, 7) is 7.29. The van der Waals surface area contributed by atoms with Gasteiger partial charge in [-0.15, -0.1) is 0 Å². The molecule has 0 saturated heterocycles. The molecule has 0 spiro atoms. The third-order valence-corrected chi connectivity index (χ3v) is 2.90. The van der Waals surface area contributed by atoms with E-state index in [1.54, 1.807) is 24.3 Å². The summed E-state index contributed by atoms with van der Waals surface area (Å²) >= 11 is 5.81. The summed E-state index contributed by atoms with van der Waals surface area (Å²) in [5, 5.41) is 0.639. The molecule has 0 radical (unpaired) electrons. The molecule has 0 amide bonds. The predicted octanol–water partition coefficient (Wildman–Crippen LogP) is 4.06. The van der Waals surface area contributed by atoms with Gasteiger partial charge in [-0.2, -0.15) is 0 Å². The zero-order valence-electron chi connectivity index (χ0n) is 13.1. The molecule has 1 aromatic rings. The lowest BCUT2D eigenvalue weighted by Gasteiger charge is -2.13. The average Bonchev–Trinajstić information content (AvgIpc) is 2.37. The molecule has 0 unspecified atom stereocenters. The number of carbonyl (C=O) groups is 1. The van der Waals surface area contributed by atoms with E-state index < -0.39 is 0 Å². The van der Waals surface area contributed by atoms with Gasteiger partial charge in [-0.25, -0.2) is 0 Å². The molecular formula is C18H22ClNO. The van der Waals surface area contributed by atoms with Crippen molar-refractivity contribution >= 4 is 17.4 Å². The van der Waals surface area contributed by atoms with Crippen LogP contribution in [0.2, 0.25) is 5.02 Å². The highest BCUT2D eigenvalue weighted by atomic mass is 35.5. The number of benzene rings is 1. The number of likely N-dealkylation sites (N-methyl/N-ethyl adjacent to an activating group) is 1. The van der Waals surface area contributed by atoms with E-state index in [0.29, 0.717) is 23.7 Å². The fraction of sp³-hybridized carbons (Fsp3) is 0.389. The van der Waals surface area contributed by atoms with Crippen LogP contribution >= 0.6 is 11.6 Å². The number of rotatable bonds is 5. The van der Waals surface area contributed by atoms with Gasteiger partial charge >= 0.3 is 0 Å². The van der Waals surface area contributed by atoms with Crippen LogP contribution in [0.3, 0.4) is 0 Å². The number of allylic oxidation sites excluding steroid dienone is 1. The first-order valence-electron chi connectivity index (χ1n) is 6.93. The van der Waals surface area contributed by atoms with Crippen molar-refractivity contribution in [3.63, 3.8) is 0 Å². The Balaban J connectivity index is 2.44. The Morgan fingerprint density at radius 1 is 1.29 bits per heavy atom. The Morgan fingerprint density at radius 3 is 2.48 bits per heavy atom. The molecule has 0 aliphatic heterocycles. The SMILES string of the molecule is CN(C/C=C/C#CC(C)(C)C)CC(=O)c1ccc(Cl)cc1. The summed E-state index contributed by atoms with van der Waals surface area (Å²) in [6.07, 6.45) is 3.81. The van der Waals surface area contributed by atoms with Crippen molar-refractivity contribution in [2.24, 2.45) is 5.41 Å². The molecule has 0 aliphatic carbocycles.